The Labute approximate surface area is 190 Å². The van der Waals surface area contributed by atoms with Gasteiger partial charge in [-0.15, -0.1) is 0 Å². The summed E-state index contributed by atoms with van der Waals surface area (Å²) < 4.78 is 38.8. The molecule has 2 aromatic rings. The second-order valence-corrected chi connectivity index (χ2v) is 7.59. The van der Waals surface area contributed by atoms with Crippen LogP contribution in [0.5, 0.6) is 0 Å². The average Bonchev–Trinajstić information content (AvgIpc) is 2.70. The second kappa shape index (κ2) is 11.2. The molecule has 0 unspecified atom stereocenters. The molecule has 0 aromatic heterocycles. The minimum atomic E-state index is -4.63. The highest BCUT2D eigenvalue weighted by atomic mass is 35.5. The number of carbonyl (C=O) groups excluding carboxylic acids is 2. The minimum Gasteiger partial charge on any atom is -0.372 e. The molecule has 0 heterocycles. The van der Waals surface area contributed by atoms with Gasteiger partial charge in [-0.3, -0.25) is 14.5 Å². The zero-order chi connectivity index (χ0) is 23.9. The van der Waals surface area contributed by atoms with Crippen LogP contribution in [0.1, 0.15) is 19.4 Å². The summed E-state index contributed by atoms with van der Waals surface area (Å²) in [5.41, 5.74) is 0.622. The Morgan fingerprint density at radius 3 is 1.91 bits per heavy atom. The Hall–Kier alpha value is -2.78. The second-order valence-electron chi connectivity index (χ2n) is 7.18. The molecule has 0 radical (unpaired) electrons. The molecule has 10 heteroatoms. The highest BCUT2D eigenvalue weighted by Crippen LogP contribution is 2.36. The number of halogens is 4. The van der Waals surface area contributed by atoms with Gasteiger partial charge in [-0.2, -0.15) is 13.2 Å². The quantitative estimate of drug-likeness (QED) is 0.557. The van der Waals surface area contributed by atoms with Crippen LogP contribution in [0.15, 0.2) is 42.5 Å². The molecule has 0 saturated carbocycles. The minimum absolute atomic E-state index is 0.0298. The summed E-state index contributed by atoms with van der Waals surface area (Å²) in [6.45, 7) is 5.63. The van der Waals surface area contributed by atoms with Crippen molar-refractivity contribution in [3.63, 3.8) is 0 Å². The summed E-state index contributed by atoms with van der Waals surface area (Å²) in [4.78, 5) is 28.0. The van der Waals surface area contributed by atoms with Gasteiger partial charge in [0.2, 0.25) is 11.8 Å². The van der Waals surface area contributed by atoms with Crippen LogP contribution in [0.2, 0.25) is 5.02 Å². The normalized spacial score (nSPS) is 11.4. The van der Waals surface area contributed by atoms with Gasteiger partial charge in [0.1, 0.15) is 0 Å². The third kappa shape index (κ3) is 7.42. The molecule has 174 valence electrons. The Kier molecular flexibility index (Phi) is 8.91. The monoisotopic (exact) mass is 470 g/mol. The van der Waals surface area contributed by atoms with Crippen molar-refractivity contribution in [2.24, 2.45) is 0 Å². The molecule has 2 aromatic carbocycles. The molecule has 0 bridgehead atoms. The molecule has 32 heavy (non-hydrogen) atoms. The first-order chi connectivity index (χ1) is 15.0. The molecular formula is C22H26ClF3N4O2. The van der Waals surface area contributed by atoms with Gasteiger partial charge in [0.15, 0.2) is 0 Å². The van der Waals surface area contributed by atoms with Crippen molar-refractivity contribution in [2.75, 3.05) is 48.8 Å². The Bertz CT molecular complexity index is 932. The number of benzene rings is 2. The number of nitrogens with zero attached hydrogens (tertiary/aromatic N) is 2. The molecule has 0 atom stereocenters. The van der Waals surface area contributed by atoms with Crippen molar-refractivity contribution in [3.05, 3.63) is 53.1 Å². The Morgan fingerprint density at radius 1 is 0.906 bits per heavy atom. The summed E-state index contributed by atoms with van der Waals surface area (Å²) in [7, 11) is 1.56. The lowest BCUT2D eigenvalue weighted by Crippen LogP contribution is -2.36. The molecule has 0 saturated heterocycles. The standard InChI is InChI=1S/C22H26ClF3N4O2/c1-4-30(5-2)17-9-6-15(7-10-17)27-20(31)13-29(3)14-21(32)28-16-8-11-19(23)18(12-16)22(24,25)26/h6-12H,4-5,13-14H2,1-3H3,(H,27,31)(H,28,32). The van der Waals surface area contributed by atoms with E-state index in [1.807, 2.05) is 12.1 Å². The van der Waals surface area contributed by atoms with Gasteiger partial charge in [0, 0.05) is 30.2 Å². The van der Waals surface area contributed by atoms with Crippen molar-refractivity contribution in [1.29, 1.82) is 0 Å². The SMILES string of the molecule is CCN(CC)c1ccc(NC(=O)CN(C)CC(=O)Nc2ccc(Cl)c(C(F)(F)F)c2)cc1. The summed E-state index contributed by atoms with van der Waals surface area (Å²) in [5, 5.41) is 4.70. The zero-order valence-corrected chi connectivity index (χ0v) is 18.8. The smallest absolute Gasteiger partial charge is 0.372 e. The van der Waals surface area contributed by atoms with Crippen LogP contribution in [0.3, 0.4) is 0 Å². The summed E-state index contributed by atoms with van der Waals surface area (Å²) >= 11 is 5.58. The Balaban J connectivity index is 1.87. The number of likely N-dealkylation sites (N-methyl/N-ethyl adjacent to an activating group) is 1. The molecule has 0 aliphatic carbocycles. The predicted molar refractivity (Wildman–Crippen MR) is 121 cm³/mol. The fourth-order valence-electron chi connectivity index (χ4n) is 3.11. The van der Waals surface area contributed by atoms with Gasteiger partial charge in [-0.1, -0.05) is 11.6 Å². The number of hydrogen-bond donors (Lipinski definition) is 2. The maximum absolute atomic E-state index is 12.9. The lowest BCUT2D eigenvalue weighted by atomic mass is 10.2. The van der Waals surface area contributed by atoms with E-state index in [-0.39, 0.29) is 24.7 Å². The van der Waals surface area contributed by atoms with Gasteiger partial charge < -0.3 is 15.5 Å². The maximum Gasteiger partial charge on any atom is 0.417 e. The number of hydrogen-bond acceptors (Lipinski definition) is 4. The molecule has 0 fully saturated rings. The van der Waals surface area contributed by atoms with E-state index in [1.165, 1.54) is 11.0 Å². The van der Waals surface area contributed by atoms with E-state index in [1.54, 1.807) is 19.2 Å². The number of rotatable bonds is 9. The van der Waals surface area contributed by atoms with Gasteiger partial charge in [0.05, 0.1) is 23.7 Å². The highest BCUT2D eigenvalue weighted by Gasteiger charge is 2.33. The van der Waals surface area contributed by atoms with Gasteiger partial charge in [-0.05, 0) is 63.4 Å². The van der Waals surface area contributed by atoms with E-state index < -0.39 is 22.7 Å². The maximum atomic E-state index is 12.9. The van der Waals surface area contributed by atoms with Gasteiger partial charge >= 0.3 is 6.18 Å². The summed E-state index contributed by atoms with van der Waals surface area (Å²) in [5.74, 6) is -0.874. The first-order valence-corrected chi connectivity index (χ1v) is 10.4. The van der Waals surface area contributed by atoms with Crippen LogP contribution in [0, 0.1) is 0 Å². The number of carbonyl (C=O) groups is 2. The largest absolute Gasteiger partial charge is 0.417 e. The van der Waals surface area contributed by atoms with Crippen LogP contribution < -0.4 is 15.5 Å². The van der Waals surface area contributed by atoms with Crippen molar-refractivity contribution >= 4 is 40.5 Å². The number of alkyl halides is 3. The van der Waals surface area contributed by atoms with Crippen LogP contribution in [-0.4, -0.2) is 49.9 Å². The van der Waals surface area contributed by atoms with E-state index in [0.29, 0.717) is 5.69 Å². The fraction of sp³-hybridized carbons (Fsp3) is 0.364. The number of nitrogens with one attached hydrogen (secondary N) is 2. The molecule has 2 rings (SSSR count). The third-order valence-electron chi connectivity index (χ3n) is 4.66. The Morgan fingerprint density at radius 2 is 1.41 bits per heavy atom. The van der Waals surface area contributed by atoms with Crippen molar-refractivity contribution in [1.82, 2.24) is 4.90 Å². The molecule has 2 amide bonds. The third-order valence-corrected chi connectivity index (χ3v) is 4.99. The van der Waals surface area contributed by atoms with Gasteiger partial charge in [0.25, 0.3) is 0 Å². The van der Waals surface area contributed by atoms with E-state index in [4.69, 9.17) is 11.6 Å². The topological polar surface area (TPSA) is 64.7 Å². The molecule has 0 aliphatic heterocycles. The molecule has 6 nitrogen and oxygen atoms in total. The molecule has 0 spiro atoms. The first kappa shape index (κ1) is 25.5. The fourth-order valence-corrected chi connectivity index (χ4v) is 3.34. The van der Waals surface area contributed by atoms with E-state index in [9.17, 15) is 22.8 Å². The van der Waals surface area contributed by atoms with Crippen LogP contribution in [-0.2, 0) is 15.8 Å². The van der Waals surface area contributed by atoms with Crippen molar-refractivity contribution in [3.8, 4) is 0 Å². The van der Waals surface area contributed by atoms with Crippen LogP contribution in [0.4, 0.5) is 30.2 Å². The van der Waals surface area contributed by atoms with Crippen molar-refractivity contribution in [2.45, 2.75) is 20.0 Å². The van der Waals surface area contributed by atoms with E-state index in [0.717, 1.165) is 30.9 Å². The lowest BCUT2D eigenvalue weighted by Gasteiger charge is -2.21. The summed E-state index contributed by atoms with van der Waals surface area (Å²) in [6.07, 6.45) is -4.63. The molecule has 2 N–H and O–H groups in total. The highest BCUT2D eigenvalue weighted by molar-refractivity contribution is 6.31. The number of amides is 2. The van der Waals surface area contributed by atoms with Crippen LogP contribution >= 0.6 is 11.6 Å². The first-order valence-electron chi connectivity index (χ1n) is 10.0. The van der Waals surface area contributed by atoms with E-state index in [2.05, 4.69) is 29.4 Å². The lowest BCUT2D eigenvalue weighted by molar-refractivity contribution is -0.137. The van der Waals surface area contributed by atoms with Crippen molar-refractivity contribution < 1.29 is 22.8 Å². The number of anilines is 3. The molecular weight excluding hydrogens is 445 g/mol. The van der Waals surface area contributed by atoms with E-state index >= 15 is 0 Å². The average molecular weight is 471 g/mol. The molecule has 0 aliphatic rings. The zero-order valence-electron chi connectivity index (χ0n) is 18.1. The predicted octanol–water partition coefficient (Wildman–Crippen LogP) is 4.71. The summed E-state index contributed by atoms with van der Waals surface area (Å²) in [6, 6.07) is 10.6. The van der Waals surface area contributed by atoms with Crippen LogP contribution in [0.25, 0.3) is 0 Å². The van der Waals surface area contributed by atoms with Gasteiger partial charge in [-0.25, -0.2) is 0 Å².